The first-order valence-corrected chi connectivity index (χ1v) is 16.4. The number of nitrogens with zero attached hydrogens (tertiary/aromatic N) is 8. The van der Waals surface area contributed by atoms with Crippen molar-refractivity contribution >= 4 is 56.1 Å². The molecule has 2 saturated heterocycles. The summed E-state index contributed by atoms with van der Waals surface area (Å²) in [6, 6.07) is 0.408. The molecule has 2 aliphatic rings. The lowest BCUT2D eigenvalue weighted by Gasteiger charge is -2.43. The highest BCUT2D eigenvalue weighted by Gasteiger charge is 2.54. The Labute approximate surface area is 275 Å². The van der Waals surface area contributed by atoms with Crippen molar-refractivity contribution in [3.05, 3.63) is 47.8 Å². The van der Waals surface area contributed by atoms with E-state index >= 15 is 0 Å². The molecule has 0 aliphatic carbocycles. The second-order valence-corrected chi connectivity index (χ2v) is 12.6. The lowest BCUT2D eigenvalue weighted by Crippen LogP contribution is -2.73. The van der Waals surface area contributed by atoms with E-state index in [9.17, 15) is 32.5 Å². The van der Waals surface area contributed by atoms with Gasteiger partial charge in [0.05, 0.1) is 24.8 Å². The number of ether oxygens (including phenoxy) is 1. The van der Waals surface area contributed by atoms with Crippen LogP contribution in [-0.2, 0) is 36.1 Å². The van der Waals surface area contributed by atoms with Crippen molar-refractivity contribution in [3.63, 3.8) is 0 Å². The SMILES string of the molecule is NC(=NC1CCNCC1)c1ccc(OCC(ON=C(C(=O)NC2C(=O)N(S(=O)(=O)O)C2Cn2cncn2)c2csc(N)n2)C(=O)O)cn1. The van der Waals surface area contributed by atoms with Crippen LogP contribution in [0.4, 0.5) is 5.13 Å². The van der Waals surface area contributed by atoms with Crippen LogP contribution < -0.4 is 26.8 Å². The minimum Gasteiger partial charge on any atom is -0.487 e. The van der Waals surface area contributed by atoms with Crippen molar-refractivity contribution in [2.45, 2.75) is 43.6 Å². The number of hydrogen-bond donors (Lipinski definition) is 6. The summed E-state index contributed by atoms with van der Waals surface area (Å²) in [4.78, 5) is 59.6. The van der Waals surface area contributed by atoms with Gasteiger partial charge in [-0.1, -0.05) is 5.16 Å². The zero-order valence-corrected chi connectivity index (χ0v) is 26.5. The first-order valence-electron chi connectivity index (χ1n) is 14.2. The highest BCUT2D eigenvalue weighted by atomic mass is 32.2. The fourth-order valence-corrected chi connectivity index (χ4v) is 6.14. The first-order chi connectivity index (χ1) is 22.9. The Bertz CT molecular complexity index is 1790. The maximum absolute atomic E-state index is 13.4. The summed E-state index contributed by atoms with van der Waals surface area (Å²) in [5.74, 6) is -3.29. The summed E-state index contributed by atoms with van der Waals surface area (Å²) in [5, 5.41) is 24.2. The van der Waals surface area contributed by atoms with E-state index in [2.05, 4.69) is 40.8 Å². The average Bonchev–Trinajstić information content (AvgIpc) is 3.73. The third-order valence-corrected chi connectivity index (χ3v) is 8.72. The van der Waals surface area contributed by atoms with Gasteiger partial charge in [-0.3, -0.25) is 23.8 Å². The fraction of sp³-hybridized carbons (Fsp3) is 0.400. The number of nitrogen functional groups attached to an aromatic ring is 1. The van der Waals surface area contributed by atoms with Crippen molar-refractivity contribution in [1.82, 2.24) is 39.7 Å². The van der Waals surface area contributed by atoms with Gasteiger partial charge >= 0.3 is 16.3 Å². The van der Waals surface area contributed by atoms with Crippen LogP contribution in [-0.4, -0.2) is 120 Å². The van der Waals surface area contributed by atoms with Crippen LogP contribution in [0.3, 0.4) is 0 Å². The smallest absolute Gasteiger partial charge is 0.362 e. The van der Waals surface area contributed by atoms with Crippen LogP contribution >= 0.6 is 11.3 Å². The lowest BCUT2D eigenvalue weighted by atomic mass is 9.98. The highest BCUT2D eigenvalue weighted by Crippen LogP contribution is 2.25. The normalized spacial score (nSPS) is 19.8. The molecular weight excluding hydrogens is 676 g/mol. The van der Waals surface area contributed by atoms with E-state index in [1.54, 1.807) is 6.07 Å². The van der Waals surface area contributed by atoms with Crippen molar-refractivity contribution in [1.29, 1.82) is 0 Å². The molecule has 2 amide bonds. The molecule has 21 nitrogen and oxygen atoms in total. The number of anilines is 1. The molecule has 5 heterocycles. The number of piperidine rings is 1. The van der Waals surface area contributed by atoms with Crippen LogP contribution in [0.2, 0.25) is 0 Å². The highest BCUT2D eigenvalue weighted by molar-refractivity contribution is 7.84. The molecule has 0 aromatic carbocycles. The Morgan fingerprint density at radius 3 is 2.62 bits per heavy atom. The number of aliphatic carboxylic acids is 1. The number of carboxylic acid groups (broad SMARTS) is 1. The van der Waals surface area contributed by atoms with E-state index in [4.69, 9.17) is 21.0 Å². The molecule has 3 unspecified atom stereocenters. The molecule has 48 heavy (non-hydrogen) atoms. The van der Waals surface area contributed by atoms with Gasteiger partial charge < -0.3 is 36.8 Å². The molecule has 5 rings (SSSR count). The van der Waals surface area contributed by atoms with Gasteiger partial charge in [0, 0.05) is 5.38 Å². The van der Waals surface area contributed by atoms with Crippen molar-refractivity contribution in [2.24, 2.45) is 15.9 Å². The van der Waals surface area contributed by atoms with E-state index in [0.29, 0.717) is 5.69 Å². The van der Waals surface area contributed by atoms with Gasteiger partial charge in [-0.2, -0.15) is 13.5 Å². The van der Waals surface area contributed by atoms with E-state index < -0.39 is 58.6 Å². The molecule has 256 valence electrons. The van der Waals surface area contributed by atoms with E-state index in [1.807, 2.05) is 0 Å². The summed E-state index contributed by atoms with van der Waals surface area (Å²) >= 11 is 0.933. The Balaban J connectivity index is 1.27. The van der Waals surface area contributed by atoms with E-state index in [0.717, 1.165) is 43.6 Å². The van der Waals surface area contributed by atoms with Crippen molar-refractivity contribution < 1.29 is 42.0 Å². The molecule has 3 aromatic heterocycles. The summed E-state index contributed by atoms with van der Waals surface area (Å²) in [7, 11) is -4.99. The Morgan fingerprint density at radius 2 is 2.02 bits per heavy atom. The Morgan fingerprint density at radius 1 is 1.25 bits per heavy atom. The topological polar surface area (TPSA) is 305 Å². The maximum atomic E-state index is 13.4. The number of carboxylic acids is 1. The number of carbonyl (C=O) groups excluding carboxylic acids is 2. The molecule has 0 saturated carbocycles. The van der Waals surface area contributed by atoms with Crippen molar-refractivity contribution in [2.75, 3.05) is 25.4 Å². The van der Waals surface area contributed by atoms with Gasteiger partial charge in [-0.05, 0) is 38.1 Å². The minimum atomic E-state index is -4.99. The number of β-lactam (4-membered cyclic amide) rings is 1. The zero-order valence-electron chi connectivity index (χ0n) is 24.8. The monoisotopic (exact) mass is 706 g/mol. The molecule has 0 spiro atoms. The van der Waals surface area contributed by atoms with Crippen LogP contribution in [0.5, 0.6) is 5.75 Å². The van der Waals surface area contributed by atoms with Gasteiger partial charge in [-0.15, -0.1) is 11.3 Å². The third-order valence-electron chi connectivity index (χ3n) is 7.10. The number of oxime groups is 1. The number of aliphatic imine (C=N–C) groups is 1. The van der Waals surface area contributed by atoms with Gasteiger partial charge in [0.15, 0.2) is 10.8 Å². The number of rotatable bonds is 14. The zero-order chi connectivity index (χ0) is 34.4. The molecule has 0 bridgehead atoms. The van der Waals surface area contributed by atoms with Crippen molar-refractivity contribution in [3.8, 4) is 5.75 Å². The molecule has 0 radical (unpaired) electrons. The van der Waals surface area contributed by atoms with Crippen LogP contribution in [0, 0.1) is 0 Å². The van der Waals surface area contributed by atoms with Gasteiger partial charge in [0.2, 0.25) is 0 Å². The minimum absolute atomic E-state index is 0.0299. The van der Waals surface area contributed by atoms with Crippen LogP contribution in [0.25, 0.3) is 0 Å². The molecule has 3 atom stereocenters. The van der Waals surface area contributed by atoms with E-state index in [1.165, 1.54) is 28.7 Å². The Kier molecular flexibility index (Phi) is 10.4. The van der Waals surface area contributed by atoms with Gasteiger partial charge in [-0.25, -0.2) is 24.1 Å². The fourth-order valence-electron chi connectivity index (χ4n) is 4.72. The number of carbonyl (C=O) groups is 3. The summed E-state index contributed by atoms with van der Waals surface area (Å²) in [5.41, 5.74) is 11.5. The molecule has 2 aliphatic heterocycles. The summed E-state index contributed by atoms with van der Waals surface area (Å²) < 4.78 is 40.1. The summed E-state index contributed by atoms with van der Waals surface area (Å²) in [6.07, 6.45) is 3.71. The quantitative estimate of drug-likeness (QED) is 0.0335. The van der Waals surface area contributed by atoms with Gasteiger partial charge in [0.25, 0.3) is 17.9 Å². The molecule has 23 heteroatoms. The average molecular weight is 707 g/mol. The van der Waals surface area contributed by atoms with Crippen LogP contribution in [0.1, 0.15) is 24.2 Å². The second kappa shape index (κ2) is 14.7. The largest absolute Gasteiger partial charge is 0.487 e. The number of amidine groups is 1. The lowest BCUT2D eigenvalue weighted by molar-refractivity contribution is -0.152. The molecular formula is C25H30N12O9S2. The predicted octanol–water partition coefficient (Wildman–Crippen LogP) is -2.38. The standard InChI is InChI=1S/C25H30N12O9S2/c26-21(32-13-3-5-28-6-4-13)15-2-1-14(7-30-15)45-9-18(24(40)41)46-35-19(16-10-47-25(27)33-16)22(38)34-20-17(8-36-12-29-11-31-36)37(23(20)39)48(42,43)44/h1-2,7,10-13,17-18,20,28H,3-6,8-9H2,(H2,26,32)(H2,27,33)(H,34,38)(H,40,41)(H,42,43,44). The number of hydrogen-bond acceptors (Lipinski definition) is 16. The molecule has 2 fully saturated rings. The second-order valence-electron chi connectivity index (χ2n) is 10.4. The third kappa shape index (κ3) is 8.17. The summed E-state index contributed by atoms with van der Waals surface area (Å²) in [6.45, 7) is 0.861. The number of pyridine rings is 1. The number of thiazole rings is 1. The number of aromatic nitrogens is 5. The maximum Gasteiger partial charge on any atom is 0.362 e. The van der Waals surface area contributed by atoms with Crippen LogP contribution in [0.15, 0.2) is 46.5 Å². The first kappa shape index (κ1) is 34.1. The number of nitrogens with one attached hydrogen (secondary N) is 2. The Hall–Kier alpha value is -5.26. The predicted molar refractivity (Wildman–Crippen MR) is 166 cm³/mol. The number of amides is 2. The van der Waals surface area contributed by atoms with Gasteiger partial charge in [0.1, 0.15) is 48.3 Å². The number of nitrogens with two attached hydrogens (primary N) is 2. The van der Waals surface area contributed by atoms with E-state index in [-0.39, 0.29) is 39.3 Å². The molecule has 8 N–H and O–H groups in total. The molecule has 3 aromatic rings.